The van der Waals surface area contributed by atoms with E-state index in [4.69, 9.17) is 4.52 Å². The first-order valence-corrected chi connectivity index (χ1v) is 7.45. The van der Waals surface area contributed by atoms with Gasteiger partial charge < -0.3 is 13.6 Å². The minimum Gasteiger partial charge on any atom is -0.337 e. The molecule has 0 spiro atoms. The highest BCUT2D eigenvalue weighted by atomic mass is 19.4. The Labute approximate surface area is 141 Å². The lowest BCUT2D eigenvalue weighted by molar-refractivity contribution is -0.159. The number of halogens is 4. The molecule has 4 rings (SSSR count). The summed E-state index contributed by atoms with van der Waals surface area (Å²) in [5.41, 5.74) is -1.60. The Morgan fingerprint density at radius 2 is 1.96 bits per heavy atom. The number of nitrogens with zero attached hydrogens (tertiary/aromatic N) is 5. The van der Waals surface area contributed by atoms with Crippen molar-refractivity contribution in [1.29, 1.82) is 0 Å². The molecule has 136 valence electrons. The van der Waals surface area contributed by atoms with Crippen LogP contribution in [0.25, 0.3) is 11.4 Å². The van der Waals surface area contributed by atoms with E-state index < -0.39 is 34.8 Å². The fourth-order valence-corrected chi connectivity index (χ4v) is 2.28. The minimum absolute atomic E-state index is 0.125. The Balaban J connectivity index is 1.62. The van der Waals surface area contributed by atoms with Crippen molar-refractivity contribution in [3.8, 4) is 11.4 Å². The standard InChI is InChI=1S/C14H9F4N5O3/c15-9-7(11-20-13(26-22-11)14(16,17)18)3-4-23(12(9)24)5-8-19-10(21-25-8)6-1-2-6/h3-4,6H,1-2,5H2. The highest BCUT2D eigenvalue weighted by Gasteiger charge is 2.39. The molecule has 1 aliphatic carbocycles. The lowest BCUT2D eigenvalue weighted by atomic mass is 10.2. The summed E-state index contributed by atoms with van der Waals surface area (Å²) < 4.78 is 61.8. The first-order chi connectivity index (χ1) is 12.3. The summed E-state index contributed by atoms with van der Waals surface area (Å²) in [6.07, 6.45) is -1.76. The zero-order chi connectivity index (χ0) is 18.5. The molecule has 12 heteroatoms. The van der Waals surface area contributed by atoms with Gasteiger partial charge in [-0.1, -0.05) is 10.3 Å². The van der Waals surface area contributed by atoms with Gasteiger partial charge in [0.05, 0.1) is 5.56 Å². The van der Waals surface area contributed by atoms with Crippen molar-refractivity contribution in [2.45, 2.75) is 31.5 Å². The van der Waals surface area contributed by atoms with Gasteiger partial charge in [0.2, 0.25) is 11.7 Å². The van der Waals surface area contributed by atoms with E-state index in [0.717, 1.165) is 23.5 Å². The van der Waals surface area contributed by atoms with Crippen molar-refractivity contribution < 1.29 is 26.6 Å². The molecule has 0 atom stereocenters. The van der Waals surface area contributed by atoms with Crippen LogP contribution in [0.2, 0.25) is 0 Å². The van der Waals surface area contributed by atoms with Crippen LogP contribution in [-0.4, -0.2) is 24.8 Å². The third-order valence-electron chi connectivity index (χ3n) is 3.75. The van der Waals surface area contributed by atoms with Crippen molar-refractivity contribution in [2.75, 3.05) is 0 Å². The van der Waals surface area contributed by atoms with E-state index in [1.807, 2.05) is 0 Å². The maximum Gasteiger partial charge on any atom is 0.471 e. The van der Waals surface area contributed by atoms with Crippen molar-refractivity contribution in [1.82, 2.24) is 24.8 Å². The number of alkyl halides is 3. The second-order valence-corrected chi connectivity index (χ2v) is 5.72. The van der Waals surface area contributed by atoms with Crippen LogP contribution in [0.5, 0.6) is 0 Å². The van der Waals surface area contributed by atoms with E-state index in [9.17, 15) is 22.4 Å². The lowest BCUT2D eigenvalue weighted by Crippen LogP contribution is -2.24. The molecule has 0 bridgehead atoms. The van der Waals surface area contributed by atoms with Gasteiger partial charge in [-0.05, 0) is 18.9 Å². The predicted molar refractivity (Wildman–Crippen MR) is 74.3 cm³/mol. The van der Waals surface area contributed by atoms with Crippen molar-refractivity contribution in [3.63, 3.8) is 0 Å². The van der Waals surface area contributed by atoms with Crippen LogP contribution >= 0.6 is 0 Å². The first-order valence-electron chi connectivity index (χ1n) is 7.45. The summed E-state index contributed by atoms with van der Waals surface area (Å²) in [7, 11) is 0. The summed E-state index contributed by atoms with van der Waals surface area (Å²) in [5, 5.41) is 6.85. The van der Waals surface area contributed by atoms with E-state index >= 15 is 0 Å². The molecule has 1 fully saturated rings. The average Bonchev–Trinajstić information content (AvgIpc) is 3.12. The molecule has 0 aliphatic heterocycles. The van der Waals surface area contributed by atoms with Gasteiger partial charge >= 0.3 is 12.1 Å². The van der Waals surface area contributed by atoms with Crippen LogP contribution in [0.1, 0.15) is 36.4 Å². The third-order valence-corrected chi connectivity index (χ3v) is 3.75. The van der Waals surface area contributed by atoms with Crippen molar-refractivity contribution in [3.05, 3.63) is 46.0 Å². The van der Waals surface area contributed by atoms with E-state index in [1.54, 1.807) is 0 Å². The highest BCUT2D eigenvalue weighted by molar-refractivity contribution is 5.54. The topological polar surface area (TPSA) is 99.8 Å². The quantitative estimate of drug-likeness (QED) is 0.649. The Hall–Kier alpha value is -3.05. The van der Waals surface area contributed by atoms with Gasteiger partial charge in [0, 0.05) is 12.1 Å². The van der Waals surface area contributed by atoms with Gasteiger partial charge in [-0.25, -0.2) is 4.39 Å². The van der Waals surface area contributed by atoms with Crippen LogP contribution in [0.4, 0.5) is 17.6 Å². The van der Waals surface area contributed by atoms with Gasteiger partial charge in [0.15, 0.2) is 11.6 Å². The Bertz CT molecular complexity index is 1020. The maximum absolute atomic E-state index is 14.3. The summed E-state index contributed by atoms with van der Waals surface area (Å²) >= 11 is 0. The largest absolute Gasteiger partial charge is 0.471 e. The van der Waals surface area contributed by atoms with Gasteiger partial charge in [0.25, 0.3) is 5.56 Å². The average molecular weight is 371 g/mol. The molecule has 0 aromatic carbocycles. The van der Waals surface area contributed by atoms with Gasteiger partial charge in [-0.15, -0.1) is 0 Å². The fourth-order valence-electron chi connectivity index (χ4n) is 2.28. The van der Waals surface area contributed by atoms with Crippen LogP contribution in [0.3, 0.4) is 0 Å². The molecule has 0 amide bonds. The molecule has 3 aromatic rings. The first kappa shape index (κ1) is 16.4. The summed E-state index contributed by atoms with van der Waals surface area (Å²) in [6, 6.07) is 1.07. The molecule has 8 nitrogen and oxygen atoms in total. The maximum atomic E-state index is 14.3. The number of aromatic nitrogens is 5. The molecule has 0 unspecified atom stereocenters. The Morgan fingerprint density at radius 3 is 2.62 bits per heavy atom. The third kappa shape index (κ3) is 2.97. The van der Waals surface area contributed by atoms with Crippen LogP contribution < -0.4 is 5.56 Å². The molecule has 0 radical (unpaired) electrons. The number of hydrogen-bond acceptors (Lipinski definition) is 7. The van der Waals surface area contributed by atoms with E-state index in [1.165, 1.54) is 6.20 Å². The van der Waals surface area contributed by atoms with E-state index in [-0.39, 0.29) is 18.4 Å². The molecule has 26 heavy (non-hydrogen) atoms. The number of rotatable bonds is 4. The lowest BCUT2D eigenvalue weighted by Gasteiger charge is -2.04. The monoisotopic (exact) mass is 371 g/mol. The predicted octanol–water partition coefficient (Wildman–Crippen LogP) is 2.36. The Morgan fingerprint density at radius 1 is 1.19 bits per heavy atom. The van der Waals surface area contributed by atoms with Crippen molar-refractivity contribution >= 4 is 0 Å². The summed E-state index contributed by atoms with van der Waals surface area (Å²) in [5.74, 6) is -2.70. The normalized spacial score (nSPS) is 14.8. The van der Waals surface area contributed by atoms with Crippen LogP contribution in [0, 0.1) is 5.82 Å². The zero-order valence-electron chi connectivity index (χ0n) is 12.8. The molecule has 3 heterocycles. The zero-order valence-corrected chi connectivity index (χ0v) is 12.8. The Kier molecular flexibility index (Phi) is 3.63. The summed E-state index contributed by atoms with van der Waals surface area (Å²) in [4.78, 5) is 19.3. The van der Waals surface area contributed by atoms with E-state index in [0.29, 0.717) is 5.82 Å². The second kappa shape index (κ2) is 5.75. The molecule has 3 aromatic heterocycles. The molecule has 1 saturated carbocycles. The number of hydrogen-bond donors (Lipinski definition) is 0. The molecule has 0 saturated heterocycles. The van der Waals surface area contributed by atoms with Gasteiger partial charge in [-0.2, -0.15) is 23.1 Å². The molecule has 0 N–H and O–H groups in total. The molecular weight excluding hydrogens is 362 g/mol. The fraction of sp³-hybridized carbons (Fsp3) is 0.357. The SMILES string of the molecule is O=c1c(F)c(-c2noc(C(F)(F)F)n2)ccn1Cc1nc(C2CC2)no1. The van der Waals surface area contributed by atoms with Crippen molar-refractivity contribution in [2.24, 2.45) is 0 Å². The van der Waals surface area contributed by atoms with Crippen LogP contribution in [-0.2, 0) is 12.7 Å². The highest BCUT2D eigenvalue weighted by Crippen LogP contribution is 2.38. The molecule has 1 aliphatic rings. The second-order valence-electron chi connectivity index (χ2n) is 5.72. The van der Waals surface area contributed by atoms with E-state index in [2.05, 4.69) is 24.8 Å². The minimum atomic E-state index is -4.87. The van der Waals surface area contributed by atoms with Gasteiger partial charge in [0.1, 0.15) is 6.54 Å². The van der Waals surface area contributed by atoms with Gasteiger partial charge in [-0.3, -0.25) is 4.79 Å². The van der Waals surface area contributed by atoms with Crippen LogP contribution in [0.15, 0.2) is 26.1 Å². The molecular formula is C14H9F4N5O3. The summed E-state index contributed by atoms with van der Waals surface area (Å²) in [6.45, 7) is -0.171. The number of pyridine rings is 1. The smallest absolute Gasteiger partial charge is 0.337 e.